The second kappa shape index (κ2) is 7.20. The maximum absolute atomic E-state index is 12.0. The highest BCUT2D eigenvalue weighted by Crippen LogP contribution is 2.24. The monoisotopic (exact) mass is 313 g/mol. The van der Waals surface area contributed by atoms with E-state index in [1.807, 2.05) is 11.8 Å². The van der Waals surface area contributed by atoms with E-state index >= 15 is 0 Å². The van der Waals surface area contributed by atoms with Gasteiger partial charge in [0, 0.05) is 42.7 Å². The van der Waals surface area contributed by atoms with Gasteiger partial charge in [-0.3, -0.25) is 9.69 Å². The lowest BCUT2D eigenvalue weighted by molar-refractivity contribution is -0.116. The van der Waals surface area contributed by atoms with E-state index in [0.717, 1.165) is 24.6 Å². The highest BCUT2D eigenvalue weighted by atomic mass is 35.5. The van der Waals surface area contributed by atoms with Gasteiger partial charge in [0.15, 0.2) is 0 Å². The number of nitrogens with two attached hydrogens (primary N) is 1. The number of amides is 1. The number of benzene rings is 1. The Kier molecular flexibility index (Phi) is 5.57. The lowest BCUT2D eigenvalue weighted by Crippen LogP contribution is -2.41. The number of nitrogen functional groups attached to an aromatic ring is 1. The van der Waals surface area contributed by atoms with Crippen LogP contribution in [0.3, 0.4) is 0 Å². The molecule has 0 spiro atoms. The number of hydrogen-bond donors (Lipinski definition) is 2. The predicted molar refractivity (Wildman–Crippen MR) is 87.5 cm³/mol. The molecule has 1 heterocycles. The summed E-state index contributed by atoms with van der Waals surface area (Å²) in [5.41, 5.74) is 6.83. The predicted octanol–water partition coefficient (Wildman–Crippen LogP) is 2.69. The van der Waals surface area contributed by atoms with Gasteiger partial charge < -0.3 is 11.1 Å². The van der Waals surface area contributed by atoms with Gasteiger partial charge in [-0.25, -0.2) is 0 Å². The highest BCUT2D eigenvalue weighted by molar-refractivity contribution is 7.99. The Morgan fingerprint density at radius 3 is 3.10 bits per heavy atom. The van der Waals surface area contributed by atoms with Crippen molar-refractivity contribution in [3.63, 3.8) is 0 Å². The molecule has 1 unspecified atom stereocenters. The van der Waals surface area contributed by atoms with Gasteiger partial charge in [0.05, 0.1) is 10.7 Å². The van der Waals surface area contributed by atoms with Crippen molar-refractivity contribution < 1.29 is 4.79 Å². The summed E-state index contributed by atoms with van der Waals surface area (Å²) in [6.45, 7) is 4.06. The van der Waals surface area contributed by atoms with Crippen LogP contribution in [0.4, 0.5) is 11.4 Å². The van der Waals surface area contributed by atoms with Crippen molar-refractivity contribution in [2.45, 2.75) is 19.4 Å². The first-order valence-corrected chi connectivity index (χ1v) is 8.26. The van der Waals surface area contributed by atoms with E-state index in [4.69, 9.17) is 17.3 Å². The summed E-state index contributed by atoms with van der Waals surface area (Å²) in [7, 11) is 0. The number of carbonyl (C=O) groups is 1. The molecule has 4 nitrogen and oxygen atoms in total. The van der Waals surface area contributed by atoms with E-state index in [-0.39, 0.29) is 5.91 Å². The molecule has 0 radical (unpaired) electrons. The van der Waals surface area contributed by atoms with Crippen molar-refractivity contribution in [2.24, 2.45) is 0 Å². The maximum Gasteiger partial charge on any atom is 0.225 e. The zero-order valence-corrected chi connectivity index (χ0v) is 13.1. The molecule has 110 valence electrons. The van der Waals surface area contributed by atoms with Gasteiger partial charge in [0.1, 0.15) is 0 Å². The molecule has 0 bridgehead atoms. The molecule has 6 heteroatoms. The normalized spacial score (nSPS) is 19.8. The average Bonchev–Trinajstić information content (AvgIpc) is 2.41. The summed E-state index contributed by atoms with van der Waals surface area (Å²) in [6.07, 6.45) is 0.482. The molecule has 1 amide bonds. The van der Waals surface area contributed by atoms with Crippen LogP contribution in [0.15, 0.2) is 18.2 Å². The summed E-state index contributed by atoms with van der Waals surface area (Å²) < 4.78 is 0. The van der Waals surface area contributed by atoms with Gasteiger partial charge in [-0.15, -0.1) is 0 Å². The Balaban J connectivity index is 1.83. The van der Waals surface area contributed by atoms with Gasteiger partial charge in [0.25, 0.3) is 0 Å². The SMILES string of the molecule is CC1CSCCN1CCC(=O)Nc1ccc(N)cc1Cl. The third-order valence-corrected chi connectivity index (χ3v) is 4.90. The lowest BCUT2D eigenvalue weighted by Gasteiger charge is -2.32. The third-order valence-electron chi connectivity index (χ3n) is 3.40. The number of halogens is 1. The molecule has 1 saturated heterocycles. The van der Waals surface area contributed by atoms with Crippen molar-refractivity contribution in [3.05, 3.63) is 23.2 Å². The van der Waals surface area contributed by atoms with Gasteiger partial charge in [0.2, 0.25) is 5.91 Å². The molecule has 1 fully saturated rings. The van der Waals surface area contributed by atoms with E-state index in [2.05, 4.69) is 17.1 Å². The van der Waals surface area contributed by atoms with E-state index in [9.17, 15) is 4.79 Å². The molecule has 3 N–H and O–H groups in total. The van der Waals surface area contributed by atoms with Crippen molar-refractivity contribution in [2.75, 3.05) is 35.6 Å². The number of nitrogens with zero attached hydrogens (tertiary/aromatic N) is 1. The third kappa shape index (κ3) is 4.30. The van der Waals surface area contributed by atoms with Crippen molar-refractivity contribution in [1.29, 1.82) is 0 Å². The van der Waals surface area contributed by atoms with Crippen LogP contribution in [0.2, 0.25) is 5.02 Å². The van der Waals surface area contributed by atoms with E-state index in [0.29, 0.717) is 28.9 Å². The molecule has 1 atom stereocenters. The van der Waals surface area contributed by atoms with Crippen LogP contribution in [0, 0.1) is 0 Å². The number of thioether (sulfide) groups is 1. The summed E-state index contributed by atoms with van der Waals surface area (Å²) in [4.78, 5) is 14.3. The largest absolute Gasteiger partial charge is 0.399 e. The molecular formula is C14H20ClN3OS. The first-order chi connectivity index (χ1) is 9.56. The van der Waals surface area contributed by atoms with E-state index in [1.165, 1.54) is 0 Å². The van der Waals surface area contributed by atoms with Crippen LogP contribution in [-0.2, 0) is 4.79 Å². The Morgan fingerprint density at radius 2 is 2.40 bits per heavy atom. The van der Waals surface area contributed by atoms with E-state index in [1.54, 1.807) is 18.2 Å². The molecule has 1 aliphatic heterocycles. The molecule has 1 aromatic carbocycles. The minimum atomic E-state index is -0.0119. The summed E-state index contributed by atoms with van der Waals surface area (Å²) in [6, 6.07) is 5.64. The zero-order chi connectivity index (χ0) is 14.5. The quantitative estimate of drug-likeness (QED) is 0.839. The van der Waals surface area contributed by atoms with Crippen LogP contribution in [0.5, 0.6) is 0 Å². The number of rotatable bonds is 4. The molecule has 0 aliphatic carbocycles. The molecule has 0 saturated carbocycles. The fourth-order valence-corrected chi connectivity index (χ4v) is 3.50. The summed E-state index contributed by atoms with van der Waals surface area (Å²) in [5.74, 6) is 2.28. The molecule has 20 heavy (non-hydrogen) atoms. The minimum Gasteiger partial charge on any atom is -0.399 e. The second-order valence-electron chi connectivity index (χ2n) is 5.00. The van der Waals surface area contributed by atoms with Crippen molar-refractivity contribution in [3.8, 4) is 0 Å². The molecule has 2 rings (SSSR count). The van der Waals surface area contributed by atoms with Gasteiger partial charge >= 0.3 is 0 Å². The summed E-state index contributed by atoms with van der Waals surface area (Å²) >= 11 is 8.01. The Labute approximate surface area is 129 Å². The highest BCUT2D eigenvalue weighted by Gasteiger charge is 2.19. The van der Waals surface area contributed by atoms with Gasteiger partial charge in [-0.2, -0.15) is 11.8 Å². The van der Waals surface area contributed by atoms with Gasteiger partial charge in [-0.05, 0) is 25.1 Å². The molecule has 1 aliphatic rings. The van der Waals surface area contributed by atoms with Crippen LogP contribution < -0.4 is 11.1 Å². The second-order valence-corrected chi connectivity index (χ2v) is 6.55. The zero-order valence-electron chi connectivity index (χ0n) is 11.6. The van der Waals surface area contributed by atoms with Crippen LogP contribution >= 0.6 is 23.4 Å². The Bertz CT molecular complexity index is 483. The first kappa shape index (κ1) is 15.5. The molecule has 0 aromatic heterocycles. The fourth-order valence-electron chi connectivity index (χ4n) is 2.18. The fraction of sp³-hybridized carbons (Fsp3) is 0.500. The Hall–Kier alpha value is -0.910. The van der Waals surface area contributed by atoms with Crippen LogP contribution in [-0.4, -0.2) is 41.4 Å². The lowest BCUT2D eigenvalue weighted by atomic mass is 10.2. The maximum atomic E-state index is 12.0. The number of nitrogens with one attached hydrogen (secondary N) is 1. The van der Waals surface area contributed by atoms with Crippen LogP contribution in [0.25, 0.3) is 0 Å². The smallest absolute Gasteiger partial charge is 0.225 e. The molecule has 1 aromatic rings. The average molecular weight is 314 g/mol. The van der Waals surface area contributed by atoms with Crippen LogP contribution in [0.1, 0.15) is 13.3 Å². The standard InChI is InChI=1S/C14H20ClN3OS/c1-10-9-20-7-6-18(10)5-4-14(19)17-13-3-2-11(16)8-12(13)15/h2-3,8,10H,4-7,9,16H2,1H3,(H,17,19). The van der Waals surface area contributed by atoms with Gasteiger partial charge in [-0.1, -0.05) is 11.6 Å². The number of hydrogen-bond acceptors (Lipinski definition) is 4. The minimum absolute atomic E-state index is 0.0119. The van der Waals surface area contributed by atoms with Crippen molar-refractivity contribution >= 4 is 40.6 Å². The number of carbonyl (C=O) groups excluding carboxylic acids is 1. The van der Waals surface area contributed by atoms with E-state index < -0.39 is 0 Å². The van der Waals surface area contributed by atoms with Crippen molar-refractivity contribution in [1.82, 2.24) is 4.90 Å². The Morgan fingerprint density at radius 1 is 1.60 bits per heavy atom. The summed E-state index contributed by atoms with van der Waals surface area (Å²) in [5, 5.41) is 3.31. The number of anilines is 2. The first-order valence-electron chi connectivity index (χ1n) is 6.73. The molecular weight excluding hydrogens is 294 g/mol. The topological polar surface area (TPSA) is 58.4 Å².